The topological polar surface area (TPSA) is 3.24 Å². The molecule has 0 spiro atoms. The van der Waals surface area contributed by atoms with E-state index in [1.54, 1.807) is 0 Å². The maximum absolute atomic E-state index is 4.18. The molecule has 0 bridgehead atoms. The average Bonchev–Trinajstić information content (AvgIpc) is 3.96. The van der Waals surface area contributed by atoms with Crippen LogP contribution in [0.1, 0.15) is 84.0 Å². The fourth-order valence-electron chi connectivity index (χ4n) is 11.0. The van der Waals surface area contributed by atoms with Crippen LogP contribution in [-0.4, -0.2) is 0 Å². The van der Waals surface area contributed by atoms with Crippen LogP contribution >= 0.6 is 11.3 Å². The molecule has 0 fully saturated rings. The second kappa shape index (κ2) is 23.7. The zero-order chi connectivity index (χ0) is 54.2. The van der Waals surface area contributed by atoms with Crippen LogP contribution in [0.25, 0.3) is 77.5 Å². The van der Waals surface area contributed by atoms with Gasteiger partial charge in [-0.3, -0.25) is 0 Å². The van der Waals surface area contributed by atoms with Gasteiger partial charge in [-0.25, -0.2) is 0 Å². The van der Waals surface area contributed by atoms with Crippen LogP contribution in [0.15, 0.2) is 231 Å². The minimum absolute atomic E-state index is 0.148. The lowest BCUT2D eigenvalue weighted by atomic mass is 9.81. The van der Waals surface area contributed by atoms with Crippen LogP contribution in [0.3, 0.4) is 0 Å². The van der Waals surface area contributed by atoms with Crippen LogP contribution in [0.2, 0.25) is 0 Å². The number of aryl methyl sites for hydroxylation is 5. The van der Waals surface area contributed by atoms with E-state index < -0.39 is 0 Å². The van der Waals surface area contributed by atoms with E-state index in [9.17, 15) is 0 Å². The SMILES string of the molecule is C=Cc1c(/C=C\C)sc2cc(N(c3cccc(C)c3-c3ccccc3C)c3cc4c(c5ccccc35)-c3ccc(C)cc3C4(C)C)ccc12.CC.Cc1cc(-c2ccccc2)cc(-c2ccccc2)c1.Cc1ccccc1. The van der Waals surface area contributed by atoms with E-state index >= 15 is 0 Å². The van der Waals surface area contributed by atoms with Crippen LogP contribution in [0.5, 0.6) is 0 Å². The van der Waals surface area contributed by atoms with Crippen LogP contribution in [-0.2, 0) is 5.41 Å². The zero-order valence-electron chi connectivity index (χ0n) is 46.6. The van der Waals surface area contributed by atoms with E-state index in [-0.39, 0.29) is 5.41 Å². The number of anilines is 3. The average molecular weight is 1020 g/mol. The number of nitrogens with zero attached hydrogens (tertiary/aromatic N) is 1. The first-order chi connectivity index (χ1) is 37.4. The Morgan fingerprint density at radius 2 is 1.04 bits per heavy atom. The molecule has 0 atom stereocenters. The third kappa shape index (κ3) is 11.0. The molecule has 10 aromatic carbocycles. The summed E-state index contributed by atoms with van der Waals surface area (Å²) in [7, 11) is 0. The second-order valence-corrected chi connectivity index (χ2v) is 21.5. The molecule has 1 heterocycles. The highest BCUT2D eigenvalue weighted by molar-refractivity contribution is 7.20. The van der Waals surface area contributed by atoms with Crippen molar-refractivity contribution in [2.24, 2.45) is 0 Å². The van der Waals surface area contributed by atoms with Gasteiger partial charge in [0, 0.05) is 37.0 Å². The van der Waals surface area contributed by atoms with E-state index in [1.165, 1.54) is 126 Å². The Morgan fingerprint density at radius 3 is 1.65 bits per heavy atom. The molecular weight excluding hydrogens is 947 g/mol. The number of allylic oxidation sites excluding steroid dienone is 1. The van der Waals surface area contributed by atoms with Crippen LogP contribution < -0.4 is 4.90 Å². The van der Waals surface area contributed by atoms with Gasteiger partial charge in [-0.15, -0.1) is 11.3 Å². The standard InChI is InChI=1S/C47H41NS.C19H16.C7H8.C2H6/c1-8-15-43-33(9-2)36-25-23-32(27-44(36)49-43)48(41-21-14-17-31(5)45(41)34-18-11-10-16-30(34)4)42-28-40-46(37-20-13-12-19-35(37)42)38-24-22-29(3)26-39(38)47(40,6)7;1-15-12-18(16-8-4-2-5-9-16)14-19(13-15)17-10-6-3-7-11-17;1-7-5-3-2-4-6-7;1-2/h8-28H,2H2,1,3-7H3;2-14H,1H3;2-6H,1H3;1-2H3/b15-8-;;;. The van der Waals surface area contributed by atoms with Crippen molar-refractivity contribution in [1.29, 1.82) is 0 Å². The summed E-state index contributed by atoms with van der Waals surface area (Å²) in [5.74, 6) is 0. The van der Waals surface area contributed by atoms with Gasteiger partial charge in [0.2, 0.25) is 0 Å². The summed E-state index contributed by atoms with van der Waals surface area (Å²) < 4.78 is 1.25. The molecule has 0 amide bonds. The fraction of sp³-hybridized carbons (Fsp3) is 0.147. The molecule has 0 N–H and O–H groups in total. The normalized spacial score (nSPS) is 11.9. The Balaban J connectivity index is 0.000000210. The molecule has 382 valence electrons. The summed E-state index contributed by atoms with van der Waals surface area (Å²) in [4.78, 5) is 3.77. The molecule has 1 aliphatic carbocycles. The molecule has 1 nitrogen and oxygen atoms in total. The first-order valence-corrected chi connectivity index (χ1v) is 28.0. The molecule has 11 aromatic rings. The maximum atomic E-state index is 4.18. The lowest BCUT2D eigenvalue weighted by Crippen LogP contribution is -2.17. The smallest absolute Gasteiger partial charge is 0.0543 e. The van der Waals surface area contributed by atoms with Gasteiger partial charge in [0.1, 0.15) is 0 Å². The molecular formula is C75H71NS. The lowest BCUT2D eigenvalue weighted by Gasteiger charge is -2.32. The van der Waals surface area contributed by atoms with E-state index in [0.717, 1.165) is 5.69 Å². The van der Waals surface area contributed by atoms with Gasteiger partial charge in [-0.05, 0) is 156 Å². The van der Waals surface area contributed by atoms with Crippen molar-refractivity contribution in [1.82, 2.24) is 0 Å². The molecule has 12 rings (SSSR count). The molecule has 1 aromatic heterocycles. The van der Waals surface area contributed by atoms with Gasteiger partial charge in [0.25, 0.3) is 0 Å². The predicted molar refractivity (Wildman–Crippen MR) is 341 cm³/mol. The highest BCUT2D eigenvalue weighted by Crippen LogP contribution is 2.56. The van der Waals surface area contributed by atoms with Gasteiger partial charge in [-0.2, -0.15) is 0 Å². The first-order valence-electron chi connectivity index (χ1n) is 27.1. The number of thiophene rings is 1. The Bertz CT molecular complexity index is 3820. The van der Waals surface area contributed by atoms with E-state index in [1.807, 2.05) is 49.5 Å². The van der Waals surface area contributed by atoms with Crippen molar-refractivity contribution in [3.05, 3.63) is 280 Å². The monoisotopic (exact) mass is 1020 g/mol. The molecule has 0 saturated carbocycles. The van der Waals surface area contributed by atoms with Gasteiger partial charge in [-0.1, -0.05) is 246 Å². The number of benzene rings is 10. The summed E-state index contributed by atoms with van der Waals surface area (Å²) in [6.07, 6.45) is 6.31. The number of fused-ring (bicyclic) bond motifs is 6. The minimum atomic E-state index is -0.148. The quantitative estimate of drug-likeness (QED) is 0.147. The highest BCUT2D eigenvalue weighted by Gasteiger charge is 2.38. The highest BCUT2D eigenvalue weighted by atomic mass is 32.1. The first kappa shape index (κ1) is 53.5. The van der Waals surface area contributed by atoms with E-state index in [2.05, 4.69) is 279 Å². The summed E-state index contributed by atoms with van der Waals surface area (Å²) >= 11 is 1.83. The minimum Gasteiger partial charge on any atom is -0.309 e. The van der Waals surface area contributed by atoms with Crippen molar-refractivity contribution < 1.29 is 0 Å². The van der Waals surface area contributed by atoms with Crippen LogP contribution in [0, 0.1) is 34.6 Å². The van der Waals surface area contributed by atoms with Crippen molar-refractivity contribution >= 4 is 61.4 Å². The Morgan fingerprint density at radius 1 is 0.442 bits per heavy atom. The third-order valence-corrected chi connectivity index (χ3v) is 15.8. The summed E-state index contributed by atoms with van der Waals surface area (Å²) in [6, 6.07) is 79.1. The Hall–Kier alpha value is -8.30. The fourth-order valence-corrected chi connectivity index (χ4v) is 12.2. The molecule has 2 heteroatoms. The van der Waals surface area contributed by atoms with Gasteiger partial charge in [0.05, 0.1) is 11.4 Å². The zero-order valence-corrected chi connectivity index (χ0v) is 47.4. The van der Waals surface area contributed by atoms with Crippen molar-refractivity contribution in [3.63, 3.8) is 0 Å². The van der Waals surface area contributed by atoms with Gasteiger partial charge < -0.3 is 4.90 Å². The van der Waals surface area contributed by atoms with Gasteiger partial charge >= 0.3 is 0 Å². The number of hydrogen-bond donors (Lipinski definition) is 0. The molecule has 77 heavy (non-hydrogen) atoms. The van der Waals surface area contributed by atoms with E-state index in [0.29, 0.717) is 0 Å². The van der Waals surface area contributed by atoms with Crippen molar-refractivity contribution in [2.45, 2.75) is 74.7 Å². The van der Waals surface area contributed by atoms with Crippen LogP contribution in [0.4, 0.5) is 17.1 Å². The van der Waals surface area contributed by atoms with Gasteiger partial charge in [0.15, 0.2) is 0 Å². The molecule has 0 saturated heterocycles. The molecule has 0 aliphatic heterocycles. The lowest BCUT2D eigenvalue weighted by molar-refractivity contribution is 0.660. The van der Waals surface area contributed by atoms with Crippen molar-refractivity contribution in [2.75, 3.05) is 4.90 Å². The summed E-state index contributed by atoms with van der Waals surface area (Å²) in [6.45, 7) is 25.9. The van der Waals surface area contributed by atoms with E-state index in [4.69, 9.17) is 0 Å². The van der Waals surface area contributed by atoms with Crippen molar-refractivity contribution in [3.8, 4) is 44.5 Å². The Labute approximate surface area is 463 Å². The maximum Gasteiger partial charge on any atom is 0.0543 e. The Kier molecular flexibility index (Phi) is 16.5. The molecule has 0 unspecified atom stereocenters. The third-order valence-electron chi connectivity index (χ3n) is 14.7. The molecule has 0 radical (unpaired) electrons. The summed E-state index contributed by atoms with van der Waals surface area (Å²) in [5.41, 5.74) is 24.1. The molecule has 1 aliphatic rings. The predicted octanol–water partition coefficient (Wildman–Crippen LogP) is 22.4. The summed E-state index contributed by atoms with van der Waals surface area (Å²) in [5, 5.41) is 3.78. The number of rotatable bonds is 8. The second-order valence-electron chi connectivity index (χ2n) is 20.4. The number of hydrogen-bond acceptors (Lipinski definition) is 2. The largest absolute Gasteiger partial charge is 0.309 e.